The highest BCUT2D eigenvalue weighted by Gasteiger charge is 2.47. The molecule has 2 atom stereocenters. The largest absolute Gasteiger partial charge is 0.352 e. The number of amides is 2. The van der Waals surface area contributed by atoms with Crippen molar-refractivity contribution in [3.05, 3.63) is 63.9 Å². The van der Waals surface area contributed by atoms with Crippen molar-refractivity contribution in [2.24, 2.45) is 11.8 Å². The molecule has 7 heteroatoms. The second-order valence-corrected chi connectivity index (χ2v) is 6.73. The van der Waals surface area contributed by atoms with Crippen molar-refractivity contribution in [3.8, 4) is 0 Å². The van der Waals surface area contributed by atoms with Gasteiger partial charge < -0.3 is 10.6 Å². The van der Waals surface area contributed by atoms with Gasteiger partial charge in [-0.1, -0.05) is 35.3 Å². The van der Waals surface area contributed by atoms with Crippen LogP contribution in [0.15, 0.2) is 42.5 Å². The molecule has 2 unspecified atom stereocenters. The van der Waals surface area contributed by atoms with Crippen LogP contribution in [0.3, 0.4) is 0 Å². The molecule has 4 nitrogen and oxygen atoms in total. The number of benzene rings is 2. The predicted octanol–water partition coefficient (Wildman–Crippen LogP) is 4.02. The normalized spacial score (nSPS) is 18.5. The molecule has 2 aromatic carbocycles. The van der Waals surface area contributed by atoms with E-state index in [1.165, 1.54) is 12.1 Å². The lowest BCUT2D eigenvalue weighted by atomic mass is 10.2. The maximum atomic E-state index is 12.8. The Balaban J connectivity index is 1.49. The fraction of sp³-hybridized carbons (Fsp3) is 0.222. The molecule has 0 heterocycles. The number of hydrogen-bond donors (Lipinski definition) is 2. The first-order valence-electron chi connectivity index (χ1n) is 7.72. The van der Waals surface area contributed by atoms with E-state index in [0.29, 0.717) is 28.7 Å². The minimum atomic E-state index is -0.359. The van der Waals surface area contributed by atoms with Crippen LogP contribution in [0.25, 0.3) is 0 Å². The molecule has 0 bridgehead atoms. The molecule has 2 N–H and O–H groups in total. The Hall–Kier alpha value is -2.11. The van der Waals surface area contributed by atoms with E-state index in [1.807, 2.05) is 0 Å². The standard InChI is InChI=1S/C18H15Cl2FN2O2/c19-15-6-5-12(7-16(15)20)23-18(25)14-8-13(14)17(24)22-9-10-1-3-11(21)4-2-10/h1-7,13-14H,8-9H2,(H,22,24)(H,23,25). The molecule has 1 saturated carbocycles. The number of rotatable bonds is 5. The zero-order chi connectivity index (χ0) is 18.0. The third-order valence-corrected chi connectivity index (χ3v) is 4.77. The molecule has 0 saturated heterocycles. The van der Waals surface area contributed by atoms with Gasteiger partial charge in [0, 0.05) is 12.2 Å². The van der Waals surface area contributed by atoms with Gasteiger partial charge >= 0.3 is 0 Å². The van der Waals surface area contributed by atoms with Crippen molar-refractivity contribution in [3.63, 3.8) is 0 Å². The average Bonchev–Trinajstić information content (AvgIpc) is 3.38. The summed E-state index contributed by atoms with van der Waals surface area (Å²) < 4.78 is 12.8. The third kappa shape index (κ3) is 4.50. The van der Waals surface area contributed by atoms with Gasteiger partial charge in [-0.2, -0.15) is 0 Å². The van der Waals surface area contributed by atoms with Crippen LogP contribution in [-0.4, -0.2) is 11.8 Å². The van der Waals surface area contributed by atoms with Gasteiger partial charge in [-0.05, 0) is 42.3 Å². The number of carbonyl (C=O) groups excluding carboxylic acids is 2. The lowest BCUT2D eigenvalue weighted by molar-refractivity contribution is -0.125. The molecular formula is C18H15Cl2FN2O2. The van der Waals surface area contributed by atoms with Crippen LogP contribution in [0.1, 0.15) is 12.0 Å². The van der Waals surface area contributed by atoms with Crippen LogP contribution in [0, 0.1) is 17.7 Å². The van der Waals surface area contributed by atoms with Crippen LogP contribution in [0.4, 0.5) is 10.1 Å². The number of hydrogen-bond acceptors (Lipinski definition) is 2. The topological polar surface area (TPSA) is 58.2 Å². The summed E-state index contributed by atoms with van der Waals surface area (Å²) in [7, 11) is 0. The molecule has 25 heavy (non-hydrogen) atoms. The first-order valence-corrected chi connectivity index (χ1v) is 8.47. The Labute approximate surface area is 154 Å². The van der Waals surface area contributed by atoms with Crippen LogP contribution in [0.2, 0.25) is 10.0 Å². The zero-order valence-corrected chi connectivity index (χ0v) is 14.6. The molecule has 0 radical (unpaired) electrons. The zero-order valence-electron chi connectivity index (χ0n) is 13.1. The summed E-state index contributed by atoms with van der Waals surface area (Å²) in [4.78, 5) is 24.3. The van der Waals surface area contributed by atoms with Crippen LogP contribution in [0.5, 0.6) is 0 Å². The van der Waals surface area contributed by atoms with E-state index in [-0.39, 0.29) is 29.5 Å². The van der Waals surface area contributed by atoms with Gasteiger partial charge in [-0.3, -0.25) is 9.59 Å². The van der Waals surface area contributed by atoms with E-state index in [1.54, 1.807) is 30.3 Å². The average molecular weight is 381 g/mol. The number of anilines is 1. The molecule has 2 amide bonds. The van der Waals surface area contributed by atoms with Gasteiger partial charge in [-0.15, -0.1) is 0 Å². The number of carbonyl (C=O) groups is 2. The summed E-state index contributed by atoms with van der Waals surface area (Å²) in [5, 5.41) is 6.26. The van der Waals surface area contributed by atoms with E-state index in [4.69, 9.17) is 23.2 Å². The van der Waals surface area contributed by atoms with Crippen molar-refractivity contribution in [2.45, 2.75) is 13.0 Å². The Morgan fingerprint density at radius 3 is 2.36 bits per heavy atom. The Bertz CT molecular complexity index is 811. The second kappa shape index (κ2) is 7.42. The van der Waals surface area contributed by atoms with Gasteiger partial charge in [0.25, 0.3) is 0 Å². The van der Waals surface area contributed by atoms with Gasteiger partial charge in [0.2, 0.25) is 11.8 Å². The molecule has 130 valence electrons. The SMILES string of the molecule is O=C(NCc1ccc(F)cc1)C1CC1C(=O)Nc1ccc(Cl)c(Cl)c1. The summed E-state index contributed by atoms with van der Waals surface area (Å²) in [6.45, 7) is 0.302. The van der Waals surface area contributed by atoms with Crippen molar-refractivity contribution < 1.29 is 14.0 Å². The minimum Gasteiger partial charge on any atom is -0.352 e. The summed E-state index contributed by atoms with van der Waals surface area (Å²) in [5.74, 6) is -1.43. The quantitative estimate of drug-likeness (QED) is 0.822. The lowest BCUT2D eigenvalue weighted by Gasteiger charge is -2.07. The molecule has 2 aromatic rings. The number of nitrogens with one attached hydrogen (secondary N) is 2. The highest BCUT2D eigenvalue weighted by atomic mass is 35.5. The summed E-state index contributed by atoms with van der Waals surface area (Å²) in [6.07, 6.45) is 0.502. The summed E-state index contributed by atoms with van der Waals surface area (Å²) in [6, 6.07) is 10.7. The Morgan fingerprint density at radius 1 is 1.00 bits per heavy atom. The van der Waals surface area contributed by atoms with Crippen molar-refractivity contribution in [2.75, 3.05) is 5.32 Å². The van der Waals surface area contributed by atoms with Crippen LogP contribution < -0.4 is 10.6 Å². The Kier molecular flexibility index (Phi) is 5.25. The number of halogens is 3. The molecule has 1 aliphatic carbocycles. The highest BCUT2D eigenvalue weighted by molar-refractivity contribution is 6.42. The molecule has 0 aromatic heterocycles. The van der Waals surface area contributed by atoms with E-state index in [2.05, 4.69) is 10.6 Å². The molecular weight excluding hydrogens is 366 g/mol. The fourth-order valence-electron chi connectivity index (χ4n) is 2.51. The van der Waals surface area contributed by atoms with E-state index in [9.17, 15) is 14.0 Å². The summed E-state index contributed by atoms with van der Waals surface area (Å²) >= 11 is 11.7. The van der Waals surface area contributed by atoms with Crippen LogP contribution >= 0.6 is 23.2 Å². The van der Waals surface area contributed by atoms with Gasteiger partial charge in [-0.25, -0.2) is 4.39 Å². The van der Waals surface area contributed by atoms with E-state index >= 15 is 0 Å². The van der Waals surface area contributed by atoms with Gasteiger partial charge in [0.15, 0.2) is 0 Å². The molecule has 0 spiro atoms. The van der Waals surface area contributed by atoms with Crippen molar-refractivity contribution in [1.29, 1.82) is 0 Å². The summed E-state index contributed by atoms with van der Waals surface area (Å²) in [5.41, 5.74) is 1.34. The fourth-order valence-corrected chi connectivity index (χ4v) is 2.80. The van der Waals surface area contributed by atoms with Crippen LogP contribution in [-0.2, 0) is 16.1 Å². The molecule has 0 aliphatic heterocycles. The van der Waals surface area contributed by atoms with Gasteiger partial charge in [0.1, 0.15) is 5.82 Å². The Morgan fingerprint density at radius 2 is 1.68 bits per heavy atom. The first-order chi connectivity index (χ1) is 11.9. The van der Waals surface area contributed by atoms with Gasteiger partial charge in [0.05, 0.1) is 21.9 Å². The maximum absolute atomic E-state index is 12.8. The van der Waals surface area contributed by atoms with E-state index in [0.717, 1.165) is 5.56 Å². The third-order valence-electron chi connectivity index (χ3n) is 4.03. The molecule has 3 rings (SSSR count). The minimum absolute atomic E-state index is 0.182. The van der Waals surface area contributed by atoms with Crippen molar-refractivity contribution in [1.82, 2.24) is 5.32 Å². The lowest BCUT2D eigenvalue weighted by Crippen LogP contribution is -2.27. The highest BCUT2D eigenvalue weighted by Crippen LogP contribution is 2.39. The molecule has 1 fully saturated rings. The van der Waals surface area contributed by atoms with Crippen molar-refractivity contribution >= 4 is 40.7 Å². The monoisotopic (exact) mass is 380 g/mol. The smallest absolute Gasteiger partial charge is 0.228 e. The molecule has 1 aliphatic rings. The predicted molar refractivity (Wildman–Crippen MR) is 94.9 cm³/mol. The maximum Gasteiger partial charge on any atom is 0.228 e. The first kappa shape index (κ1) is 17.7. The second-order valence-electron chi connectivity index (χ2n) is 5.91. The van der Waals surface area contributed by atoms with E-state index < -0.39 is 0 Å².